The van der Waals surface area contributed by atoms with Crippen LogP contribution in [0.15, 0.2) is 0 Å². The van der Waals surface area contributed by atoms with E-state index in [9.17, 15) is 0 Å². The fraction of sp³-hybridized carbons (Fsp3) is 1.00. The summed E-state index contributed by atoms with van der Waals surface area (Å²) in [7, 11) is 0. The summed E-state index contributed by atoms with van der Waals surface area (Å²) in [5.41, 5.74) is 0. The van der Waals surface area contributed by atoms with E-state index < -0.39 is 0 Å². The number of hydrogen-bond acceptors (Lipinski definition) is 2. The Morgan fingerprint density at radius 1 is 1.31 bits per heavy atom. The van der Waals surface area contributed by atoms with Crippen molar-refractivity contribution in [2.24, 2.45) is 5.92 Å². The number of ether oxygens (including phenoxy) is 1. The van der Waals surface area contributed by atoms with Gasteiger partial charge in [-0.3, -0.25) is 0 Å². The molecule has 0 amide bonds. The van der Waals surface area contributed by atoms with Crippen LogP contribution in [-0.2, 0) is 4.74 Å². The average molecular weight is 185 g/mol. The summed E-state index contributed by atoms with van der Waals surface area (Å²) in [6.45, 7) is 8.54. The largest absolute Gasteiger partial charge is 0.377 e. The van der Waals surface area contributed by atoms with Gasteiger partial charge >= 0.3 is 0 Å². The maximum atomic E-state index is 5.67. The molecule has 1 unspecified atom stereocenters. The second-order valence-electron chi connectivity index (χ2n) is 4.55. The monoisotopic (exact) mass is 185 g/mol. The van der Waals surface area contributed by atoms with Crippen LogP contribution < -0.4 is 5.32 Å². The molecule has 0 spiro atoms. The third kappa shape index (κ3) is 6.05. The normalized spacial score (nSPS) is 19.4. The van der Waals surface area contributed by atoms with E-state index >= 15 is 0 Å². The van der Waals surface area contributed by atoms with Gasteiger partial charge in [0, 0.05) is 19.2 Å². The Bertz CT molecular complexity index is 132. The van der Waals surface area contributed by atoms with Gasteiger partial charge in [-0.2, -0.15) is 0 Å². The van der Waals surface area contributed by atoms with Gasteiger partial charge in [-0.05, 0) is 32.1 Å². The topological polar surface area (TPSA) is 21.3 Å². The average Bonchev–Trinajstić information content (AvgIpc) is 2.83. The summed E-state index contributed by atoms with van der Waals surface area (Å²) in [6.07, 6.45) is 4.27. The first kappa shape index (κ1) is 11.0. The van der Waals surface area contributed by atoms with Crippen LogP contribution in [0.25, 0.3) is 0 Å². The number of rotatable bonds is 7. The van der Waals surface area contributed by atoms with Crippen molar-refractivity contribution in [3.63, 3.8) is 0 Å². The molecule has 1 fully saturated rings. The zero-order chi connectivity index (χ0) is 9.68. The molecule has 1 atom stereocenters. The Labute approximate surface area is 82.0 Å². The molecule has 2 heteroatoms. The highest BCUT2D eigenvalue weighted by molar-refractivity contribution is 4.81. The lowest BCUT2D eigenvalue weighted by Gasteiger charge is -2.14. The van der Waals surface area contributed by atoms with E-state index in [-0.39, 0.29) is 0 Å². The first-order chi connectivity index (χ1) is 6.18. The molecule has 0 aromatic carbocycles. The molecular formula is C11H23NO. The van der Waals surface area contributed by atoms with Crippen LogP contribution in [0.4, 0.5) is 0 Å². The molecule has 0 saturated heterocycles. The van der Waals surface area contributed by atoms with Crippen molar-refractivity contribution in [2.75, 3.05) is 13.2 Å². The van der Waals surface area contributed by atoms with Gasteiger partial charge in [0.1, 0.15) is 0 Å². The lowest BCUT2D eigenvalue weighted by atomic mass is 10.1. The zero-order valence-electron chi connectivity index (χ0n) is 9.18. The van der Waals surface area contributed by atoms with Gasteiger partial charge in [0.25, 0.3) is 0 Å². The maximum Gasteiger partial charge on any atom is 0.0671 e. The van der Waals surface area contributed by atoms with Gasteiger partial charge < -0.3 is 10.1 Å². The van der Waals surface area contributed by atoms with E-state index in [1.807, 2.05) is 0 Å². The number of hydrogen-bond donors (Lipinski definition) is 1. The summed E-state index contributed by atoms with van der Waals surface area (Å²) in [6, 6.07) is 0.802. The van der Waals surface area contributed by atoms with E-state index in [2.05, 4.69) is 26.1 Å². The smallest absolute Gasteiger partial charge is 0.0671 e. The SMILES string of the molecule is CC(C)CCOC(C)CNC1CC1. The third-order valence-corrected chi connectivity index (χ3v) is 2.37. The van der Waals surface area contributed by atoms with Crippen molar-refractivity contribution in [1.82, 2.24) is 5.32 Å². The highest BCUT2D eigenvalue weighted by Gasteiger charge is 2.20. The van der Waals surface area contributed by atoms with Crippen molar-refractivity contribution < 1.29 is 4.74 Å². The molecule has 0 aromatic rings. The quantitative estimate of drug-likeness (QED) is 0.656. The fourth-order valence-corrected chi connectivity index (χ4v) is 1.18. The Morgan fingerprint density at radius 2 is 2.00 bits per heavy atom. The Morgan fingerprint density at radius 3 is 2.54 bits per heavy atom. The van der Waals surface area contributed by atoms with Crippen LogP contribution >= 0.6 is 0 Å². The second kappa shape index (κ2) is 5.61. The lowest BCUT2D eigenvalue weighted by Crippen LogP contribution is -2.28. The van der Waals surface area contributed by atoms with E-state index in [4.69, 9.17) is 4.74 Å². The summed E-state index contributed by atoms with van der Waals surface area (Å²) >= 11 is 0. The molecule has 0 heterocycles. The van der Waals surface area contributed by atoms with Crippen molar-refractivity contribution in [3.05, 3.63) is 0 Å². The third-order valence-electron chi connectivity index (χ3n) is 2.37. The Balaban J connectivity index is 1.87. The molecule has 1 aliphatic carbocycles. The highest BCUT2D eigenvalue weighted by atomic mass is 16.5. The van der Waals surface area contributed by atoms with Crippen molar-refractivity contribution in [1.29, 1.82) is 0 Å². The molecular weight excluding hydrogens is 162 g/mol. The molecule has 2 nitrogen and oxygen atoms in total. The first-order valence-corrected chi connectivity index (χ1v) is 5.53. The lowest BCUT2D eigenvalue weighted by molar-refractivity contribution is 0.0585. The summed E-state index contributed by atoms with van der Waals surface area (Å²) in [5, 5.41) is 3.47. The van der Waals surface area contributed by atoms with Gasteiger partial charge in [-0.25, -0.2) is 0 Å². The van der Waals surface area contributed by atoms with Crippen LogP contribution in [0, 0.1) is 5.92 Å². The van der Waals surface area contributed by atoms with Crippen LogP contribution in [0.5, 0.6) is 0 Å². The number of nitrogens with one attached hydrogen (secondary N) is 1. The van der Waals surface area contributed by atoms with E-state index in [0.717, 1.165) is 25.1 Å². The van der Waals surface area contributed by atoms with E-state index in [1.54, 1.807) is 0 Å². The van der Waals surface area contributed by atoms with E-state index in [1.165, 1.54) is 19.3 Å². The van der Waals surface area contributed by atoms with Crippen LogP contribution in [-0.4, -0.2) is 25.3 Å². The molecule has 0 aromatic heterocycles. The fourth-order valence-electron chi connectivity index (χ4n) is 1.18. The van der Waals surface area contributed by atoms with Crippen molar-refractivity contribution in [2.45, 2.75) is 52.2 Å². The van der Waals surface area contributed by atoms with E-state index in [0.29, 0.717) is 6.10 Å². The van der Waals surface area contributed by atoms with Gasteiger partial charge in [-0.15, -0.1) is 0 Å². The summed E-state index contributed by atoms with van der Waals surface area (Å²) in [4.78, 5) is 0. The molecule has 1 aliphatic rings. The second-order valence-corrected chi connectivity index (χ2v) is 4.55. The standard InChI is InChI=1S/C11H23NO/c1-9(2)6-7-13-10(3)8-12-11-4-5-11/h9-12H,4-8H2,1-3H3. The van der Waals surface area contributed by atoms with Gasteiger partial charge in [0.15, 0.2) is 0 Å². The molecule has 1 saturated carbocycles. The summed E-state index contributed by atoms with van der Waals surface area (Å²) < 4.78 is 5.67. The van der Waals surface area contributed by atoms with Crippen LogP contribution in [0.2, 0.25) is 0 Å². The minimum absolute atomic E-state index is 0.374. The molecule has 13 heavy (non-hydrogen) atoms. The van der Waals surface area contributed by atoms with Gasteiger partial charge in [0.05, 0.1) is 6.10 Å². The van der Waals surface area contributed by atoms with Gasteiger partial charge in [0.2, 0.25) is 0 Å². The Kier molecular flexibility index (Phi) is 4.74. The van der Waals surface area contributed by atoms with Gasteiger partial charge in [-0.1, -0.05) is 13.8 Å². The highest BCUT2D eigenvalue weighted by Crippen LogP contribution is 2.18. The zero-order valence-corrected chi connectivity index (χ0v) is 9.18. The summed E-state index contributed by atoms with van der Waals surface area (Å²) in [5.74, 6) is 0.753. The molecule has 78 valence electrons. The van der Waals surface area contributed by atoms with Crippen molar-refractivity contribution >= 4 is 0 Å². The first-order valence-electron chi connectivity index (χ1n) is 5.53. The minimum Gasteiger partial charge on any atom is -0.377 e. The molecule has 0 radical (unpaired) electrons. The Hall–Kier alpha value is -0.0800. The van der Waals surface area contributed by atoms with Crippen LogP contribution in [0.1, 0.15) is 40.0 Å². The molecule has 0 aliphatic heterocycles. The maximum absolute atomic E-state index is 5.67. The van der Waals surface area contributed by atoms with Crippen molar-refractivity contribution in [3.8, 4) is 0 Å². The molecule has 1 rings (SSSR count). The predicted molar refractivity (Wildman–Crippen MR) is 55.9 cm³/mol. The minimum atomic E-state index is 0.374. The van der Waals surface area contributed by atoms with Crippen LogP contribution in [0.3, 0.4) is 0 Å². The molecule has 1 N–H and O–H groups in total. The predicted octanol–water partition coefficient (Wildman–Crippen LogP) is 2.19. The molecule has 0 bridgehead atoms.